The number of fused-ring (bicyclic) bond motifs is 1. The number of nitrogens with zero attached hydrogens (tertiary/aromatic N) is 4. The lowest BCUT2D eigenvalue weighted by Gasteiger charge is -2.23. The van der Waals surface area contributed by atoms with Crippen LogP contribution < -0.4 is 10.2 Å². The molecule has 1 N–H and O–H groups in total. The van der Waals surface area contributed by atoms with Crippen molar-refractivity contribution in [2.24, 2.45) is 0 Å². The summed E-state index contributed by atoms with van der Waals surface area (Å²) in [6.07, 6.45) is 5.63. The number of nitrogens with one attached hydrogen (secondary N) is 1. The van der Waals surface area contributed by atoms with Crippen LogP contribution in [0.1, 0.15) is 42.6 Å². The third kappa shape index (κ3) is 3.51. The molecule has 0 atom stereocenters. The Hall–Kier alpha value is -2.21. The molecule has 1 saturated carbocycles. The van der Waals surface area contributed by atoms with Gasteiger partial charge in [-0.3, -0.25) is 4.79 Å². The smallest absolute Gasteiger partial charge is 0.272 e. The van der Waals surface area contributed by atoms with Crippen LogP contribution in [0.2, 0.25) is 0 Å². The Kier molecular flexibility index (Phi) is 5.02. The van der Waals surface area contributed by atoms with Gasteiger partial charge in [0.25, 0.3) is 5.91 Å². The predicted octanol–water partition coefficient (Wildman–Crippen LogP) is 2.44. The normalized spacial score (nSPS) is 19.7. The van der Waals surface area contributed by atoms with Crippen molar-refractivity contribution in [3.63, 3.8) is 0 Å². The number of likely N-dealkylation sites (N-methyl/N-ethyl adjacent to an activating group) is 1. The zero-order chi connectivity index (χ0) is 17.9. The molecule has 1 saturated heterocycles. The maximum Gasteiger partial charge on any atom is 0.272 e. The lowest BCUT2D eigenvalue weighted by Crippen LogP contribution is -2.34. The fourth-order valence-electron chi connectivity index (χ4n) is 4.07. The molecule has 1 aliphatic carbocycles. The van der Waals surface area contributed by atoms with E-state index in [9.17, 15) is 4.79 Å². The lowest BCUT2D eigenvalue weighted by atomic mass is 10.1. The number of carbonyl (C=O) groups excluding carboxylic acids is 1. The Bertz CT molecular complexity index is 787. The van der Waals surface area contributed by atoms with E-state index >= 15 is 0 Å². The zero-order valence-electron chi connectivity index (χ0n) is 15.4. The summed E-state index contributed by atoms with van der Waals surface area (Å²) in [5.41, 5.74) is 0.447. The zero-order valence-corrected chi connectivity index (χ0v) is 15.4. The molecule has 1 amide bonds. The number of carbonyl (C=O) groups is 1. The number of hydrogen-bond acceptors (Lipinski definition) is 5. The first-order valence-electron chi connectivity index (χ1n) is 9.72. The molecule has 1 aliphatic heterocycles. The van der Waals surface area contributed by atoms with Crippen LogP contribution in [0.4, 0.5) is 5.82 Å². The minimum Gasteiger partial charge on any atom is -0.353 e. The highest BCUT2D eigenvalue weighted by Crippen LogP contribution is 2.27. The molecule has 0 radical (unpaired) electrons. The number of anilines is 1. The highest BCUT2D eigenvalue weighted by Gasteiger charge is 2.23. The van der Waals surface area contributed by atoms with Gasteiger partial charge in [0, 0.05) is 36.4 Å². The van der Waals surface area contributed by atoms with Gasteiger partial charge >= 0.3 is 0 Å². The second kappa shape index (κ2) is 7.58. The first kappa shape index (κ1) is 17.2. The number of benzene rings is 1. The Morgan fingerprint density at radius 2 is 1.77 bits per heavy atom. The highest BCUT2D eigenvalue weighted by molar-refractivity contribution is 6.07. The van der Waals surface area contributed by atoms with Crippen molar-refractivity contribution in [2.45, 2.75) is 38.1 Å². The maximum atomic E-state index is 12.8. The fourth-order valence-corrected chi connectivity index (χ4v) is 4.07. The van der Waals surface area contributed by atoms with Crippen molar-refractivity contribution in [1.82, 2.24) is 20.4 Å². The van der Waals surface area contributed by atoms with Gasteiger partial charge in [-0.1, -0.05) is 37.1 Å². The van der Waals surface area contributed by atoms with Gasteiger partial charge in [-0.05, 0) is 32.9 Å². The minimum atomic E-state index is -0.0947. The van der Waals surface area contributed by atoms with E-state index in [1.807, 2.05) is 18.2 Å². The summed E-state index contributed by atoms with van der Waals surface area (Å²) in [7, 11) is 2.16. The first-order valence-corrected chi connectivity index (χ1v) is 9.72. The summed E-state index contributed by atoms with van der Waals surface area (Å²) >= 11 is 0. The average Bonchev–Trinajstić information content (AvgIpc) is 3.07. The predicted molar refractivity (Wildman–Crippen MR) is 104 cm³/mol. The maximum absolute atomic E-state index is 12.8. The van der Waals surface area contributed by atoms with E-state index in [0.717, 1.165) is 62.0 Å². The highest BCUT2D eigenvalue weighted by atomic mass is 16.2. The molecule has 4 rings (SSSR count). The monoisotopic (exact) mass is 353 g/mol. The number of aromatic nitrogens is 2. The topological polar surface area (TPSA) is 61.4 Å². The quantitative estimate of drug-likeness (QED) is 0.918. The summed E-state index contributed by atoms with van der Waals surface area (Å²) in [5.74, 6) is 0.802. The Balaban J connectivity index is 1.65. The number of hydrogen-bond donors (Lipinski definition) is 1. The Labute approximate surface area is 154 Å². The van der Waals surface area contributed by atoms with Gasteiger partial charge in [-0.2, -0.15) is 0 Å². The molecule has 2 aliphatic rings. The molecular weight excluding hydrogens is 326 g/mol. The van der Waals surface area contributed by atoms with Crippen LogP contribution in [-0.2, 0) is 0 Å². The van der Waals surface area contributed by atoms with E-state index in [2.05, 4.69) is 38.4 Å². The summed E-state index contributed by atoms with van der Waals surface area (Å²) in [5, 5.41) is 13.9. The molecule has 0 spiro atoms. The second-order valence-electron chi connectivity index (χ2n) is 7.52. The van der Waals surface area contributed by atoms with Crippen molar-refractivity contribution in [3.05, 3.63) is 30.0 Å². The van der Waals surface area contributed by atoms with Crippen molar-refractivity contribution in [1.29, 1.82) is 0 Å². The standard InChI is InChI=1S/C20H27N5O/c1-24-11-6-12-25(14-13-24)19-17-10-5-4-9-16(17)18(22-23-19)20(26)21-15-7-2-3-8-15/h4-5,9-10,15H,2-3,6-8,11-14H2,1H3,(H,21,26). The van der Waals surface area contributed by atoms with Crippen LogP contribution in [0.25, 0.3) is 10.8 Å². The first-order chi connectivity index (χ1) is 12.7. The summed E-state index contributed by atoms with van der Waals surface area (Å²) in [6.45, 7) is 4.02. The Morgan fingerprint density at radius 3 is 2.58 bits per heavy atom. The molecule has 0 bridgehead atoms. The molecule has 1 aromatic heterocycles. The van der Waals surface area contributed by atoms with E-state index in [0.29, 0.717) is 5.69 Å². The number of rotatable bonds is 3. The molecule has 6 nitrogen and oxygen atoms in total. The number of amides is 1. The lowest BCUT2D eigenvalue weighted by molar-refractivity contribution is 0.0933. The van der Waals surface area contributed by atoms with Gasteiger partial charge < -0.3 is 15.1 Å². The van der Waals surface area contributed by atoms with E-state index < -0.39 is 0 Å². The largest absolute Gasteiger partial charge is 0.353 e. The third-order valence-corrected chi connectivity index (χ3v) is 5.59. The molecule has 1 aromatic carbocycles. The fraction of sp³-hybridized carbons (Fsp3) is 0.550. The van der Waals surface area contributed by atoms with Gasteiger partial charge in [-0.15, -0.1) is 10.2 Å². The van der Waals surface area contributed by atoms with Crippen molar-refractivity contribution in [3.8, 4) is 0 Å². The molecule has 6 heteroatoms. The van der Waals surface area contributed by atoms with E-state index in [-0.39, 0.29) is 11.9 Å². The van der Waals surface area contributed by atoms with Crippen LogP contribution in [0.5, 0.6) is 0 Å². The SMILES string of the molecule is CN1CCCN(c2nnc(C(=O)NC3CCCC3)c3ccccc23)CC1. The van der Waals surface area contributed by atoms with Crippen molar-refractivity contribution >= 4 is 22.5 Å². The van der Waals surface area contributed by atoms with Gasteiger partial charge in [0.05, 0.1) is 0 Å². The van der Waals surface area contributed by atoms with Crippen LogP contribution in [-0.4, -0.2) is 60.3 Å². The molecule has 2 fully saturated rings. The molecule has 2 aromatic rings. The van der Waals surface area contributed by atoms with E-state index in [1.165, 1.54) is 12.8 Å². The summed E-state index contributed by atoms with van der Waals surface area (Å²) in [6, 6.07) is 8.30. The van der Waals surface area contributed by atoms with Crippen molar-refractivity contribution < 1.29 is 4.79 Å². The van der Waals surface area contributed by atoms with Crippen LogP contribution in [0.3, 0.4) is 0 Å². The van der Waals surface area contributed by atoms with Crippen molar-refractivity contribution in [2.75, 3.05) is 38.1 Å². The Morgan fingerprint density at radius 1 is 1.00 bits per heavy atom. The average molecular weight is 353 g/mol. The minimum absolute atomic E-state index is 0.0947. The van der Waals surface area contributed by atoms with Gasteiger partial charge in [0.1, 0.15) is 0 Å². The van der Waals surface area contributed by atoms with Crippen LogP contribution in [0, 0.1) is 0 Å². The molecule has 138 valence electrons. The molecule has 26 heavy (non-hydrogen) atoms. The second-order valence-corrected chi connectivity index (χ2v) is 7.52. The summed E-state index contributed by atoms with van der Waals surface area (Å²) < 4.78 is 0. The summed E-state index contributed by atoms with van der Waals surface area (Å²) in [4.78, 5) is 17.4. The molecular formula is C20H27N5O. The molecule has 0 unspecified atom stereocenters. The molecule has 2 heterocycles. The van der Waals surface area contributed by atoms with Gasteiger partial charge in [0.15, 0.2) is 11.5 Å². The third-order valence-electron chi connectivity index (χ3n) is 5.59. The van der Waals surface area contributed by atoms with Gasteiger partial charge in [-0.25, -0.2) is 0 Å². The van der Waals surface area contributed by atoms with E-state index in [1.54, 1.807) is 0 Å². The van der Waals surface area contributed by atoms with E-state index in [4.69, 9.17) is 0 Å². The van der Waals surface area contributed by atoms with Gasteiger partial charge in [0.2, 0.25) is 0 Å². The van der Waals surface area contributed by atoms with Crippen LogP contribution >= 0.6 is 0 Å². The van der Waals surface area contributed by atoms with Crippen LogP contribution in [0.15, 0.2) is 24.3 Å².